The van der Waals surface area contributed by atoms with Gasteiger partial charge in [-0.05, 0) is 57.2 Å². The fourth-order valence-corrected chi connectivity index (χ4v) is 4.39. The molecular weight excluding hydrogens is 475 g/mol. The van der Waals surface area contributed by atoms with Crippen molar-refractivity contribution in [2.45, 2.75) is 37.6 Å². The molecule has 34 heavy (non-hydrogen) atoms. The van der Waals surface area contributed by atoms with Crippen molar-refractivity contribution in [3.8, 4) is 5.75 Å². The Bertz CT molecular complexity index is 1110. The molecule has 1 fully saturated rings. The number of sulfonamides is 1. The quantitative estimate of drug-likeness (QED) is 0.652. The van der Waals surface area contributed by atoms with E-state index in [1.165, 1.54) is 0 Å². The van der Waals surface area contributed by atoms with Crippen molar-refractivity contribution in [3.63, 3.8) is 0 Å². The number of carbonyl (C=O) groups is 1. The predicted octanol–water partition coefficient (Wildman–Crippen LogP) is 4.44. The van der Waals surface area contributed by atoms with Crippen LogP contribution in [-0.4, -0.2) is 57.6 Å². The van der Waals surface area contributed by atoms with Crippen molar-refractivity contribution in [1.29, 1.82) is 0 Å². The third kappa shape index (κ3) is 6.92. The lowest BCUT2D eigenvalue weighted by molar-refractivity contribution is -0.274. The monoisotopic (exact) mass is 501 g/mol. The second kappa shape index (κ2) is 9.61. The van der Waals surface area contributed by atoms with Gasteiger partial charge in [0.25, 0.3) is 10.0 Å². The Morgan fingerprint density at radius 1 is 0.941 bits per heavy atom. The zero-order valence-electron chi connectivity index (χ0n) is 18.9. The molecule has 1 aliphatic heterocycles. The third-order valence-electron chi connectivity index (χ3n) is 4.79. The van der Waals surface area contributed by atoms with Crippen LogP contribution >= 0.6 is 0 Å². The summed E-state index contributed by atoms with van der Waals surface area (Å²) in [5.74, 6) is -0.519. The van der Waals surface area contributed by atoms with Gasteiger partial charge in [-0.1, -0.05) is 12.1 Å². The van der Waals surface area contributed by atoms with Crippen molar-refractivity contribution < 1.29 is 35.9 Å². The number of hydrogen-bond donors (Lipinski definition) is 1. The Kier molecular flexibility index (Phi) is 7.20. The van der Waals surface area contributed by atoms with E-state index in [2.05, 4.69) is 9.46 Å². The van der Waals surface area contributed by atoms with Crippen LogP contribution in [-0.2, 0) is 14.8 Å². The fourth-order valence-electron chi connectivity index (χ4n) is 3.32. The van der Waals surface area contributed by atoms with Crippen LogP contribution in [0.4, 0.5) is 29.3 Å². The summed E-state index contributed by atoms with van der Waals surface area (Å²) in [5.41, 5.74) is 0.326. The second-order valence-electron chi connectivity index (χ2n) is 8.60. The summed E-state index contributed by atoms with van der Waals surface area (Å²) in [5, 5.41) is 0. The van der Waals surface area contributed by atoms with E-state index in [-0.39, 0.29) is 4.90 Å². The summed E-state index contributed by atoms with van der Waals surface area (Å²) in [7, 11) is -4.08. The molecule has 2 aromatic carbocycles. The molecule has 0 bridgehead atoms. The number of hydrogen-bond acceptors (Lipinski definition) is 6. The molecule has 1 N–H and O–H groups in total. The molecule has 8 nitrogen and oxygen atoms in total. The number of anilines is 2. The summed E-state index contributed by atoms with van der Waals surface area (Å²) in [4.78, 5) is 15.6. The minimum absolute atomic E-state index is 0.216. The largest absolute Gasteiger partial charge is 0.573 e. The zero-order chi connectivity index (χ0) is 25.1. The number of nitrogens with one attached hydrogen (secondary N) is 1. The van der Waals surface area contributed by atoms with E-state index in [1.54, 1.807) is 49.9 Å². The van der Waals surface area contributed by atoms with Gasteiger partial charge in [0.2, 0.25) is 0 Å². The smallest absolute Gasteiger partial charge is 0.444 e. The first-order chi connectivity index (χ1) is 15.7. The third-order valence-corrected chi connectivity index (χ3v) is 6.17. The molecule has 0 spiro atoms. The highest BCUT2D eigenvalue weighted by Gasteiger charge is 2.31. The van der Waals surface area contributed by atoms with Crippen LogP contribution < -0.4 is 14.4 Å². The number of halogens is 3. The Morgan fingerprint density at radius 2 is 1.53 bits per heavy atom. The number of carbonyl (C=O) groups excluding carboxylic acids is 1. The minimum Gasteiger partial charge on any atom is -0.444 e. The van der Waals surface area contributed by atoms with Gasteiger partial charge in [0.1, 0.15) is 11.4 Å². The summed E-state index contributed by atoms with van der Waals surface area (Å²) >= 11 is 0. The van der Waals surface area contributed by atoms with E-state index in [1.807, 2.05) is 4.90 Å². The van der Waals surface area contributed by atoms with Crippen LogP contribution in [0, 0.1) is 0 Å². The van der Waals surface area contributed by atoms with Gasteiger partial charge in [-0.2, -0.15) is 0 Å². The molecule has 0 saturated carbocycles. The average Bonchev–Trinajstić information content (AvgIpc) is 2.72. The Labute approximate surface area is 196 Å². The van der Waals surface area contributed by atoms with Crippen molar-refractivity contribution in [2.75, 3.05) is 35.8 Å². The molecule has 0 radical (unpaired) electrons. The topological polar surface area (TPSA) is 88.2 Å². The number of para-hydroxylation sites is 2. The van der Waals surface area contributed by atoms with Crippen molar-refractivity contribution in [1.82, 2.24) is 4.90 Å². The number of nitrogens with zero attached hydrogens (tertiary/aromatic N) is 2. The van der Waals surface area contributed by atoms with Crippen LogP contribution in [0.15, 0.2) is 53.4 Å². The lowest BCUT2D eigenvalue weighted by Gasteiger charge is -2.37. The highest BCUT2D eigenvalue weighted by Crippen LogP contribution is 2.30. The van der Waals surface area contributed by atoms with Gasteiger partial charge in [-0.15, -0.1) is 13.2 Å². The van der Waals surface area contributed by atoms with Crippen LogP contribution in [0.3, 0.4) is 0 Å². The number of alkyl halides is 3. The molecule has 0 atom stereocenters. The minimum atomic E-state index is -4.87. The summed E-state index contributed by atoms with van der Waals surface area (Å²) < 4.78 is 74.4. The zero-order valence-corrected chi connectivity index (χ0v) is 19.7. The molecule has 0 unspecified atom stereocenters. The lowest BCUT2D eigenvalue weighted by atomic mass is 10.2. The molecule has 3 rings (SSSR count). The molecule has 0 aliphatic carbocycles. The van der Waals surface area contributed by atoms with Gasteiger partial charge in [0, 0.05) is 26.2 Å². The maximum atomic E-state index is 12.8. The first-order valence-corrected chi connectivity index (χ1v) is 11.9. The van der Waals surface area contributed by atoms with E-state index in [4.69, 9.17) is 4.74 Å². The second-order valence-corrected chi connectivity index (χ2v) is 10.3. The van der Waals surface area contributed by atoms with E-state index in [0.717, 1.165) is 24.3 Å². The number of ether oxygens (including phenoxy) is 2. The molecule has 1 aliphatic rings. The van der Waals surface area contributed by atoms with Crippen LogP contribution in [0.25, 0.3) is 0 Å². The van der Waals surface area contributed by atoms with Crippen LogP contribution in [0.2, 0.25) is 0 Å². The fraction of sp³-hybridized carbons (Fsp3) is 0.409. The molecule has 2 aromatic rings. The van der Waals surface area contributed by atoms with Gasteiger partial charge < -0.3 is 19.3 Å². The number of piperazine rings is 1. The molecule has 12 heteroatoms. The normalized spacial score (nSPS) is 15.1. The standard InChI is InChI=1S/C22H26F3N3O5S/c1-21(2,3)33-20(29)28-14-12-27(13-15-28)19-7-5-4-6-18(19)26-34(30,31)17-10-8-16(9-11-17)32-22(23,24)25/h4-11,26H,12-15H2,1-3H3. The maximum absolute atomic E-state index is 12.8. The van der Waals surface area contributed by atoms with Crippen molar-refractivity contribution >= 4 is 27.5 Å². The van der Waals surface area contributed by atoms with E-state index < -0.39 is 33.8 Å². The first kappa shape index (κ1) is 25.5. The predicted molar refractivity (Wildman–Crippen MR) is 120 cm³/mol. The van der Waals surface area contributed by atoms with Crippen molar-refractivity contribution in [3.05, 3.63) is 48.5 Å². The summed E-state index contributed by atoms with van der Waals surface area (Å²) in [6, 6.07) is 10.7. The van der Waals surface area contributed by atoms with Gasteiger partial charge in [0.05, 0.1) is 16.3 Å². The van der Waals surface area contributed by atoms with Gasteiger partial charge in [0.15, 0.2) is 0 Å². The van der Waals surface area contributed by atoms with Crippen molar-refractivity contribution in [2.24, 2.45) is 0 Å². The summed E-state index contributed by atoms with van der Waals surface area (Å²) in [6.45, 7) is 7.09. The van der Waals surface area contributed by atoms with Crippen LogP contribution in [0.1, 0.15) is 20.8 Å². The van der Waals surface area contributed by atoms with Gasteiger partial charge >= 0.3 is 12.5 Å². The molecule has 0 aromatic heterocycles. The highest BCUT2D eigenvalue weighted by molar-refractivity contribution is 7.92. The molecule has 1 heterocycles. The molecular formula is C22H26F3N3O5S. The van der Waals surface area contributed by atoms with Gasteiger partial charge in [-0.3, -0.25) is 4.72 Å². The Hall–Kier alpha value is -3.15. The first-order valence-electron chi connectivity index (χ1n) is 10.4. The SMILES string of the molecule is CC(C)(C)OC(=O)N1CCN(c2ccccc2NS(=O)(=O)c2ccc(OC(F)(F)F)cc2)CC1. The molecule has 1 amide bonds. The average molecular weight is 502 g/mol. The number of amides is 1. The van der Waals surface area contributed by atoms with E-state index in [9.17, 15) is 26.4 Å². The van der Waals surface area contributed by atoms with E-state index in [0.29, 0.717) is 37.6 Å². The lowest BCUT2D eigenvalue weighted by Crippen LogP contribution is -2.50. The highest BCUT2D eigenvalue weighted by atomic mass is 32.2. The van der Waals surface area contributed by atoms with E-state index >= 15 is 0 Å². The Balaban J connectivity index is 1.70. The van der Waals surface area contributed by atoms with Gasteiger partial charge in [-0.25, -0.2) is 13.2 Å². The number of benzene rings is 2. The maximum Gasteiger partial charge on any atom is 0.573 e. The molecule has 1 saturated heterocycles. The Morgan fingerprint density at radius 3 is 2.09 bits per heavy atom. The van der Waals surface area contributed by atoms with Crippen LogP contribution in [0.5, 0.6) is 5.75 Å². The molecule has 186 valence electrons. The number of rotatable bonds is 5. The summed E-state index contributed by atoms with van der Waals surface area (Å²) in [6.07, 6.45) is -5.27.